The monoisotopic (exact) mass is 216 g/mol. The van der Waals surface area contributed by atoms with Gasteiger partial charge in [-0.15, -0.1) is 12.3 Å². The lowest BCUT2D eigenvalue weighted by atomic mass is 10.0. The van der Waals surface area contributed by atoms with Crippen LogP contribution in [0.25, 0.3) is 0 Å². The number of hydrogen-bond donors (Lipinski definition) is 1. The van der Waals surface area contributed by atoms with E-state index in [1.54, 1.807) is 0 Å². The van der Waals surface area contributed by atoms with Gasteiger partial charge in [0.2, 0.25) is 0 Å². The van der Waals surface area contributed by atoms with Gasteiger partial charge in [-0.2, -0.15) is 0 Å². The standard InChI is InChI=1S/C15H20O/c1-3-4-5-6-15(16)12-11-14-9-7-13(2)8-10-14/h1,7-10,15-16H,4-6,11-12H2,2H3. The third kappa shape index (κ3) is 5.00. The molecule has 1 heteroatoms. The van der Waals surface area contributed by atoms with Crippen molar-refractivity contribution in [3.05, 3.63) is 35.4 Å². The van der Waals surface area contributed by atoms with E-state index in [1.807, 2.05) is 0 Å². The molecule has 0 aromatic heterocycles. The highest BCUT2D eigenvalue weighted by Crippen LogP contribution is 2.10. The average Bonchev–Trinajstić information content (AvgIpc) is 2.29. The van der Waals surface area contributed by atoms with E-state index in [1.165, 1.54) is 11.1 Å². The van der Waals surface area contributed by atoms with Crippen molar-refractivity contribution in [2.24, 2.45) is 0 Å². The van der Waals surface area contributed by atoms with Crippen molar-refractivity contribution in [3.8, 4) is 12.3 Å². The van der Waals surface area contributed by atoms with Gasteiger partial charge < -0.3 is 5.11 Å². The zero-order valence-corrected chi connectivity index (χ0v) is 9.95. The van der Waals surface area contributed by atoms with Crippen molar-refractivity contribution < 1.29 is 5.11 Å². The van der Waals surface area contributed by atoms with E-state index in [0.29, 0.717) is 0 Å². The fourth-order valence-corrected chi connectivity index (χ4v) is 1.67. The fraction of sp³-hybridized carbons (Fsp3) is 0.467. The Hall–Kier alpha value is -1.26. The molecule has 0 spiro atoms. The minimum Gasteiger partial charge on any atom is -0.393 e. The molecule has 1 atom stereocenters. The molecule has 0 radical (unpaired) electrons. The third-order valence-corrected chi connectivity index (χ3v) is 2.75. The molecule has 0 amide bonds. The van der Waals surface area contributed by atoms with E-state index in [2.05, 4.69) is 37.1 Å². The highest BCUT2D eigenvalue weighted by atomic mass is 16.3. The quantitative estimate of drug-likeness (QED) is 0.572. The number of benzene rings is 1. The smallest absolute Gasteiger partial charge is 0.0543 e. The molecule has 86 valence electrons. The number of rotatable bonds is 6. The summed E-state index contributed by atoms with van der Waals surface area (Å²) >= 11 is 0. The summed E-state index contributed by atoms with van der Waals surface area (Å²) in [6.45, 7) is 2.08. The lowest BCUT2D eigenvalue weighted by Crippen LogP contribution is -2.07. The van der Waals surface area contributed by atoms with Gasteiger partial charge in [0.15, 0.2) is 0 Å². The Labute approximate surface area is 98.5 Å². The Kier molecular flexibility index (Phi) is 5.67. The molecule has 1 aromatic carbocycles. The molecular formula is C15H20O. The van der Waals surface area contributed by atoms with E-state index in [-0.39, 0.29) is 6.10 Å². The van der Waals surface area contributed by atoms with Crippen LogP contribution in [0.1, 0.15) is 36.8 Å². The SMILES string of the molecule is C#CCCCC(O)CCc1ccc(C)cc1. The van der Waals surface area contributed by atoms with Crippen LogP contribution in [0.3, 0.4) is 0 Å². The number of unbranched alkanes of at least 4 members (excludes halogenated alkanes) is 1. The maximum atomic E-state index is 9.72. The maximum Gasteiger partial charge on any atom is 0.0543 e. The molecule has 1 nitrogen and oxygen atoms in total. The van der Waals surface area contributed by atoms with E-state index in [0.717, 1.165) is 32.1 Å². The molecule has 16 heavy (non-hydrogen) atoms. The number of aliphatic hydroxyl groups is 1. The molecule has 0 aliphatic rings. The van der Waals surface area contributed by atoms with Gasteiger partial charge in [-0.05, 0) is 38.2 Å². The van der Waals surface area contributed by atoms with Crippen molar-refractivity contribution in [3.63, 3.8) is 0 Å². The first-order valence-corrected chi connectivity index (χ1v) is 5.89. The summed E-state index contributed by atoms with van der Waals surface area (Å²) in [7, 11) is 0. The summed E-state index contributed by atoms with van der Waals surface area (Å²) in [6, 6.07) is 8.48. The molecule has 1 unspecified atom stereocenters. The van der Waals surface area contributed by atoms with Gasteiger partial charge in [-0.25, -0.2) is 0 Å². The average molecular weight is 216 g/mol. The van der Waals surface area contributed by atoms with Crippen molar-refractivity contribution in [2.75, 3.05) is 0 Å². The minimum atomic E-state index is -0.213. The zero-order valence-electron chi connectivity index (χ0n) is 9.95. The lowest BCUT2D eigenvalue weighted by molar-refractivity contribution is 0.153. The maximum absolute atomic E-state index is 9.72. The first-order chi connectivity index (χ1) is 7.72. The van der Waals surface area contributed by atoms with Gasteiger partial charge in [0.25, 0.3) is 0 Å². The molecular weight excluding hydrogens is 196 g/mol. The molecule has 1 rings (SSSR count). The third-order valence-electron chi connectivity index (χ3n) is 2.75. The van der Waals surface area contributed by atoms with Crippen LogP contribution in [0.15, 0.2) is 24.3 Å². The van der Waals surface area contributed by atoms with Crippen LogP contribution in [-0.4, -0.2) is 11.2 Å². The predicted octanol–water partition coefficient (Wildman–Crippen LogP) is 3.09. The van der Waals surface area contributed by atoms with E-state index in [9.17, 15) is 5.11 Å². The van der Waals surface area contributed by atoms with Gasteiger partial charge in [-0.1, -0.05) is 29.8 Å². The van der Waals surface area contributed by atoms with E-state index >= 15 is 0 Å². The largest absolute Gasteiger partial charge is 0.393 e. The van der Waals surface area contributed by atoms with Gasteiger partial charge in [-0.3, -0.25) is 0 Å². The first kappa shape index (κ1) is 12.8. The van der Waals surface area contributed by atoms with Crippen LogP contribution in [0.2, 0.25) is 0 Å². The molecule has 0 saturated carbocycles. The summed E-state index contributed by atoms with van der Waals surface area (Å²) in [6.07, 6.45) is 9.22. The molecule has 0 heterocycles. The van der Waals surface area contributed by atoms with Crippen molar-refractivity contribution >= 4 is 0 Å². The Bertz CT molecular complexity index is 331. The van der Waals surface area contributed by atoms with Gasteiger partial charge in [0, 0.05) is 6.42 Å². The van der Waals surface area contributed by atoms with Gasteiger partial charge in [0.1, 0.15) is 0 Å². The van der Waals surface area contributed by atoms with Crippen molar-refractivity contribution in [2.45, 2.75) is 45.1 Å². The van der Waals surface area contributed by atoms with E-state index in [4.69, 9.17) is 6.42 Å². The van der Waals surface area contributed by atoms with Crippen molar-refractivity contribution in [1.29, 1.82) is 0 Å². The Morgan fingerprint density at radius 3 is 2.56 bits per heavy atom. The van der Waals surface area contributed by atoms with Crippen LogP contribution >= 0.6 is 0 Å². The molecule has 0 bridgehead atoms. The second-order valence-corrected chi connectivity index (χ2v) is 4.27. The summed E-state index contributed by atoms with van der Waals surface area (Å²) in [5.41, 5.74) is 2.57. The summed E-state index contributed by atoms with van der Waals surface area (Å²) in [5, 5.41) is 9.72. The Balaban J connectivity index is 2.23. The van der Waals surface area contributed by atoms with Crippen LogP contribution in [0, 0.1) is 19.3 Å². The summed E-state index contributed by atoms with van der Waals surface area (Å²) in [5.74, 6) is 2.59. The Morgan fingerprint density at radius 2 is 1.94 bits per heavy atom. The Morgan fingerprint density at radius 1 is 1.25 bits per heavy atom. The highest BCUT2D eigenvalue weighted by Gasteiger charge is 2.03. The molecule has 1 N–H and O–H groups in total. The highest BCUT2D eigenvalue weighted by molar-refractivity contribution is 5.21. The predicted molar refractivity (Wildman–Crippen MR) is 68.2 cm³/mol. The second-order valence-electron chi connectivity index (χ2n) is 4.27. The topological polar surface area (TPSA) is 20.2 Å². The molecule has 0 aliphatic heterocycles. The molecule has 0 saturated heterocycles. The van der Waals surface area contributed by atoms with Crippen LogP contribution < -0.4 is 0 Å². The van der Waals surface area contributed by atoms with Crippen LogP contribution in [-0.2, 0) is 6.42 Å². The van der Waals surface area contributed by atoms with Gasteiger partial charge >= 0.3 is 0 Å². The molecule has 0 fully saturated rings. The molecule has 0 aliphatic carbocycles. The number of aryl methyl sites for hydroxylation is 2. The van der Waals surface area contributed by atoms with Gasteiger partial charge in [0.05, 0.1) is 6.10 Å². The van der Waals surface area contributed by atoms with Crippen LogP contribution in [0.4, 0.5) is 0 Å². The fourth-order valence-electron chi connectivity index (χ4n) is 1.67. The van der Waals surface area contributed by atoms with Crippen molar-refractivity contribution in [1.82, 2.24) is 0 Å². The zero-order chi connectivity index (χ0) is 11.8. The minimum absolute atomic E-state index is 0.213. The summed E-state index contributed by atoms with van der Waals surface area (Å²) < 4.78 is 0. The molecule has 1 aromatic rings. The van der Waals surface area contributed by atoms with Crippen LogP contribution in [0.5, 0.6) is 0 Å². The normalized spacial score (nSPS) is 12.1. The number of terminal acetylenes is 1. The number of aliphatic hydroxyl groups excluding tert-OH is 1. The lowest BCUT2D eigenvalue weighted by Gasteiger charge is -2.09. The van der Waals surface area contributed by atoms with E-state index < -0.39 is 0 Å². The summed E-state index contributed by atoms with van der Waals surface area (Å²) in [4.78, 5) is 0. The number of hydrogen-bond acceptors (Lipinski definition) is 1. The first-order valence-electron chi connectivity index (χ1n) is 5.89. The second kappa shape index (κ2) is 7.09.